The molecule has 0 aromatic heterocycles. The van der Waals surface area contributed by atoms with Gasteiger partial charge in [0.2, 0.25) is 0 Å². The van der Waals surface area contributed by atoms with Gasteiger partial charge in [0.25, 0.3) is 0 Å². The van der Waals surface area contributed by atoms with Crippen molar-refractivity contribution < 1.29 is 25.1 Å². The van der Waals surface area contributed by atoms with E-state index in [0.717, 1.165) is 5.56 Å². The van der Waals surface area contributed by atoms with E-state index in [4.69, 9.17) is 11.6 Å². The fourth-order valence-corrected chi connectivity index (χ4v) is 3.08. The molecule has 3 aromatic rings. The third-order valence-electron chi connectivity index (χ3n) is 5.20. The molecule has 5 heteroatoms. The minimum atomic E-state index is 0. The van der Waals surface area contributed by atoms with E-state index in [1.165, 1.54) is 22.8 Å². The Kier molecular flexibility index (Phi) is 24.1. The predicted molar refractivity (Wildman–Crippen MR) is 164 cm³/mol. The van der Waals surface area contributed by atoms with Gasteiger partial charge in [-0.25, -0.2) is 5.57 Å². The molecule has 1 atom stereocenters. The summed E-state index contributed by atoms with van der Waals surface area (Å²) in [5.74, 6) is 0.789. The molecular formula is C32H40Cl3OTi-3. The Morgan fingerprint density at radius 2 is 1.24 bits per heavy atom. The van der Waals surface area contributed by atoms with Crippen LogP contribution in [0, 0.1) is 24.1 Å². The van der Waals surface area contributed by atoms with Crippen molar-refractivity contribution in [3.05, 3.63) is 124 Å². The van der Waals surface area contributed by atoms with Gasteiger partial charge in [-0.1, -0.05) is 59.1 Å². The molecule has 37 heavy (non-hydrogen) atoms. The SMILES string of the molecule is CC(C)(C)c1cc(O)cc(Cl)c1.CC1=[C-]C(C)C(C)=C1C.Cl.Cl.[CH2]=[Ti].[c-]1ccccc1.[c-]1ccccc1. The maximum atomic E-state index is 9.27. The van der Waals surface area contributed by atoms with Crippen LogP contribution in [0.5, 0.6) is 5.75 Å². The molecule has 0 heterocycles. The molecule has 3 aromatic carbocycles. The van der Waals surface area contributed by atoms with Gasteiger partial charge in [-0.15, -0.1) is 31.7 Å². The third kappa shape index (κ3) is 18.3. The van der Waals surface area contributed by atoms with Gasteiger partial charge in [-0.05, 0) is 29.2 Å². The standard InChI is InChI=1S/C10H13ClO.C9H13.2C6H5.CH2.2ClH.Ti/c1-10(2,3)7-4-8(11)6-9(12)5-7;1-6-5-7(2)9(4)8(6)3;2*1-2-4-6-5-3-1;;;;/h4-6,12H,1-3H3;6H,1-4H3;2*1-5H;1H2;2*1H;/q;3*-1;;;;. The van der Waals surface area contributed by atoms with E-state index < -0.39 is 0 Å². The smallest absolute Gasteiger partial charge is 0.171 e. The van der Waals surface area contributed by atoms with E-state index in [0.29, 0.717) is 10.9 Å². The average Bonchev–Trinajstić information content (AvgIpc) is 3.08. The average molecular weight is 595 g/mol. The van der Waals surface area contributed by atoms with Crippen LogP contribution in [0.1, 0.15) is 54.0 Å². The quantitative estimate of drug-likeness (QED) is 0.203. The Bertz CT molecular complexity index is 922. The van der Waals surface area contributed by atoms with E-state index >= 15 is 0 Å². The molecule has 4 rings (SSSR count). The number of phenols is 1. The molecule has 1 aliphatic rings. The first-order valence-electron chi connectivity index (χ1n) is 11.5. The van der Waals surface area contributed by atoms with Crippen molar-refractivity contribution in [3.63, 3.8) is 0 Å². The fourth-order valence-electron chi connectivity index (χ4n) is 2.85. The largest absolute Gasteiger partial charge is 0.184 e. The fraction of sp³-hybridized carbons (Fsp3) is 0.281. The molecule has 0 radical (unpaired) electrons. The van der Waals surface area contributed by atoms with Crippen LogP contribution < -0.4 is 0 Å². The number of hydrogen-bond acceptors (Lipinski definition) is 1. The van der Waals surface area contributed by atoms with Crippen molar-refractivity contribution in [1.82, 2.24) is 0 Å². The molecule has 0 bridgehead atoms. The molecule has 202 valence electrons. The number of halogens is 3. The molecule has 1 nitrogen and oxygen atoms in total. The number of hydrogen-bond donors (Lipinski definition) is 1. The van der Waals surface area contributed by atoms with Crippen LogP contribution in [0.4, 0.5) is 0 Å². The maximum absolute atomic E-state index is 9.27. The van der Waals surface area contributed by atoms with E-state index in [1.807, 2.05) is 66.7 Å². The second-order valence-electron chi connectivity index (χ2n) is 8.90. The predicted octanol–water partition coefficient (Wildman–Crippen LogP) is 9.85. The van der Waals surface area contributed by atoms with Crippen molar-refractivity contribution in [1.29, 1.82) is 0 Å². The summed E-state index contributed by atoms with van der Waals surface area (Å²) in [6.07, 6.45) is 3.36. The van der Waals surface area contributed by atoms with Crippen molar-refractivity contribution in [2.24, 2.45) is 5.92 Å². The first kappa shape index (κ1) is 39.9. The molecule has 1 N–H and O–H groups in total. The van der Waals surface area contributed by atoms with Crippen LogP contribution in [-0.4, -0.2) is 9.92 Å². The van der Waals surface area contributed by atoms with Gasteiger partial charge in [0.1, 0.15) is 5.75 Å². The Morgan fingerprint density at radius 1 is 0.811 bits per heavy atom. The van der Waals surface area contributed by atoms with E-state index in [9.17, 15) is 5.11 Å². The van der Waals surface area contributed by atoms with Crippen molar-refractivity contribution in [2.45, 2.75) is 53.9 Å². The maximum Gasteiger partial charge on any atom is -0.171 e. The summed E-state index contributed by atoms with van der Waals surface area (Å²) in [4.78, 5) is 3.25. The molecule has 1 aliphatic carbocycles. The topological polar surface area (TPSA) is 20.2 Å². The second-order valence-corrected chi connectivity index (χ2v) is 9.34. The first-order valence-corrected chi connectivity index (χ1v) is 13.0. The molecule has 0 spiro atoms. The molecule has 0 saturated heterocycles. The van der Waals surface area contributed by atoms with Crippen molar-refractivity contribution >= 4 is 41.2 Å². The summed E-state index contributed by atoms with van der Waals surface area (Å²) >= 11 is 7.55. The summed E-state index contributed by atoms with van der Waals surface area (Å²) in [5, 5.41) is 9.86. The van der Waals surface area contributed by atoms with E-state index in [-0.39, 0.29) is 36.0 Å². The normalized spacial score (nSPS) is 13.1. The van der Waals surface area contributed by atoms with Gasteiger partial charge >= 0.3 is 24.8 Å². The summed E-state index contributed by atoms with van der Waals surface area (Å²) in [7, 11) is 0. The molecular weight excluding hydrogens is 555 g/mol. The van der Waals surface area contributed by atoms with Gasteiger partial charge in [0, 0.05) is 5.02 Å². The number of allylic oxidation sites excluding steroid dienone is 4. The van der Waals surface area contributed by atoms with Crippen LogP contribution >= 0.6 is 36.4 Å². The second kappa shape index (κ2) is 22.4. The van der Waals surface area contributed by atoms with Gasteiger partial charge < -0.3 is 5.11 Å². The number of aromatic hydroxyl groups is 1. The van der Waals surface area contributed by atoms with Gasteiger partial charge in [-0.2, -0.15) is 83.9 Å². The summed E-state index contributed by atoms with van der Waals surface area (Å²) in [6, 6.07) is 30.2. The van der Waals surface area contributed by atoms with Crippen LogP contribution in [-0.2, 0) is 25.4 Å². The van der Waals surface area contributed by atoms with E-state index in [1.54, 1.807) is 26.0 Å². The Morgan fingerprint density at radius 3 is 1.43 bits per heavy atom. The van der Waals surface area contributed by atoms with Gasteiger partial charge in [0.15, 0.2) is 0 Å². The van der Waals surface area contributed by atoms with Crippen LogP contribution in [0.3, 0.4) is 0 Å². The molecule has 0 saturated carbocycles. The summed E-state index contributed by atoms with van der Waals surface area (Å²) in [5.41, 5.74) is 5.32. The first-order chi connectivity index (χ1) is 16.5. The van der Waals surface area contributed by atoms with Gasteiger partial charge in [-0.3, -0.25) is 6.08 Å². The zero-order chi connectivity index (χ0) is 26.9. The Balaban J connectivity index is -0.000000414. The number of benzene rings is 3. The molecule has 0 fully saturated rings. The molecule has 0 aliphatic heterocycles. The van der Waals surface area contributed by atoms with Crippen LogP contribution in [0.2, 0.25) is 5.02 Å². The Hall–Kier alpha value is -1.61. The van der Waals surface area contributed by atoms with E-state index in [2.05, 4.69) is 71.5 Å². The minimum Gasteiger partial charge on any atom is -0.184 e. The third-order valence-corrected chi connectivity index (χ3v) is 5.42. The van der Waals surface area contributed by atoms with Crippen molar-refractivity contribution in [3.8, 4) is 5.75 Å². The number of rotatable bonds is 0. The van der Waals surface area contributed by atoms with Crippen molar-refractivity contribution in [2.75, 3.05) is 0 Å². The molecule has 0 amide bonds. The zero-order valence-electron chi connectivity index (χ0n) is 22.9. The number of phenolic OH excluding ortho intramolecular Hbond substituents is 1. The monoisotopic (exact) mass is 593 g/mol. The zero-order valence-corrected chi connectivity index (χ0v) is 26.9. The minimum absolute atomic E-state index is 0. The summed E-state index contributed by atoms with van der Waals surface area (Å²) < 4.78 is 0. The van der Waals surface area contributed by atoms with Crippen LogP contribution in [0.15, 0.2) is 95.6 Å². The Labute approximate surface area is 254 Å². The molecule has 1 unspecified atom stereocenters. The van der Waals surface area contributed by atoms with Gasteiger partial charge in [0.05, 0.1) is 0 Å². The van der Waals surface area contributed by atoms with Crippen LogP contribution in [0.25, 0.3) is 0 Å². The summed E-state index contributed by atoms with van der Waals surface area (Å²) in [6.45, 7) is 14.9.